The highest BCUT2D eigenvalue weighted by atomic mass is 35.5. The van der Waals surface area contributed by atoms with Crippen LogP contribution < -0.4 is 21.5 Å². The number of nitrogens with one attached hydrogen (secondary N) is 4. The summed E-state index contributed by atoms with van der Waals surface area (Å²) in [5.41, 5.74) is 9.10. The number of benzene rings is 2. The van der Waals surface area contributed by atoms with E-state index in [0.717, 1.165) is 18.0 Å². The average Bonchev–Trinajstić information content (AvgIpc) is 3.41. The number of halogens is 1. The van der Waals surface area contributed by atoms with Crippen molar-refractivity contribution in [3.05, 3.63) is 59.1 Å². The van der Waals surface area contributed by atoms with Crippen LogP contribution in [0.15, 0.2) is 48.5 Å². The molecule has 3 atom stereocenters. The fourth-order valence-electron chi connectivity index (χ4n) is 3.56. The van der Waals surface area contributed by atoms with Gasteiger partial charge in [-0.15, -0.1) is 0 Å². The van der Waals surface area contributed by atoms with Crippen LogP contribution in [0.25, 0.3) is 0 Å². The van der Waals surface area contributed by atoms with Gasteiger partial charge in [0.1, 0.15) is 6.04 Å². The minimum absolute atomic E-state index is 0.0277. The van der Waals surface area contributed by atoms with Crippen LogP contribution in [0.4, 0.5) is 11.4 Å². The predicted molar refractivity (Wildman–Crippen MR) is 110 cm³/mol. The molecule has 0 aromatic heterocycles. The van der Waals surface area contributed by atoms with Crippen LogP contribution >= 0.6 is 11.6 Å². The van der Waals surface area contributed by atoms with Crippen molar-refractivity contribution in [2.24, 2.45) is 5.92 Å². The lowest BCUT2D eigenvalue weighted by Gasteiger charge is -2.18. The fourth-order valence-corrected chi connectivity index (χ4v) is 3.79. The second-order valence-electron chi connectivity index (χ2n) is 7.48. The highest BCUT2D eigenvalue weighted by molar-refractivity contribution is 6.33. The Morgan fingerprint density at radius 2 is 1.93 bits per heavy atom. The van der Waals surface area contributed by atoms with Crippen LogP contribution in [0.3, 0.4) is 0 Å². The molecule has 3 unspecified atom stereocenters. The lowest BCUT2D eigenvalue weighted by atomic mass is 10.1. The molecule has 27 heavy (non-hydrogen) atoms. The smallest absolute Gasteiger partial charge is 0.242 e. The fraction of sp³-hybridized carbons (Fsp3) is 0.381. The first-order chi connectivity index (χ1) is 13.1. The van der Waals surface area contributed by atoms with Gasteiger partial charge in [-0.25, -0.2) is 5.43 Å². The Morgan fingerprint density at radius 3 is 2.63 bits per heavy atom. The third kappa shape index (κ3) is 4.43. The van der Waals surface area contributed by atoms with Gasteiger partial charge in [-0.1, -0.05) is 41.9 Å². The van der Waals surface area contributed by atoms with Crippen molar-refractivity contribution in [2.75, 3.05) is 10.6 Å². The molecule has 0 bridgehead atoms. The van der Waals surface area contributed by atoms with E-state index in [2.05, 4.69) is 40.5 Å². The van der Waals surface area contributed by atoms with Gasteiger partial charge in [0.2, 0.25) is 5.91 Å². The molecular formula is C21H25ClN4O. The number of rotatable bonds is 6. The summed E-state index contributed by atoms with van der Waals surface area (Å²) in [5.74, 6) is 0.696. The first-order valence-electron chi connectivity index (χ1n) is 9.53. The maximum Gasteiger partial charge on any atom is 0.242 e. The molecule has 2 aromatic rings. The maximum atomic E-state index is 12.5. The molecule has 6 heteroatoms. The number of hydrogen-bond acceptors (Lipinski definition) is 4. The number of carbonyl (C=O) groups is 1. The van der Waals surface area contributed by atoms with E-state index in [1.807, 2.05) is 30.3 Å². The van der Waals surface area contributed by atoms with Gasteiger partial charge >= 0.3 is 0 Å². The average molecular weight is 385 g/mol. The predicted octanol–water partition coefficient (Wildman–Crippen LogP) is 4.10. The Balaban J connectivity index is 1.36. The molecule has 2 fully saturated rings. The Morgan fingerprint density at radius 1 is 1.15 bits per heavy atom. The van der Waals surface area contributed by atoms with E-state index in [9.17, 15) is 4.79 Å². The molecule has 1 amide bonds. The van der Waals surface area contributed by atoms with Crippen LogP contribution in [-0.2, 0) is 4.79 Å². The Hall–Kier alpha value is -2.08. The molecule has 1 aliphatic carbocycles. The highest BCUT2D eigenvalue weighted by Crippen LogP contribution is 2.36. The number of hydrogen-bond donors (Lipinski definition) is 4. The monoisotopic (exact) mass is 384 g/mol. The molecule has 5 nitrogen and oxygen atoms in total. The zero-order valence-electron chi connectivity index (χ0n) is 15.3. The minimum atomic E-state index is -0.203. The van der Waals surface area contributed by atoms with E-state index in [0.29, 0.717) is 16.8 Å². The van der Waals surface area contributed by atoms with Crippen LogP contribution in [0.2, 0.25) is 5.02 Å². The second-order valence-corrected chi connectivity index (χ2v) is 7.89. The molecule has 1 saturated carbocycles. The molecule has 1 aliphatic heterocycles. The molecule has 0 spiro atoms. The highest BCUT2D eigenvalue weighted by Gasteiger charge is 2.38. The molecule has 142 valence electrons. The van der Waals surface area contributed by atoms with Crippen LogP contribution in [0, 0.1) is 5.92 Å². The summed E-state index contributed by atoms with van der Waals surface area (Å²) in [5, 5.41) is 6.97. The number of carbonyl (C=O) groups excluding carboxylic acids is 1. The summed E-state index contributed by atoms with van der Waals surface area (Å²) in [7, 11) is 0. The molecule has 0 radical (unpaired) electrons. The molecule has 4 N–H and O–H groups in total. The Kier molecular flexibility index (Phi) is 5.34. The lowest BCUT2D eigenvalue weighted by molar-refractivity contribution is -0.117. The Bertz CT molecular complexity index is 809. The molecule has 1 heterocycles. The van der Waals surface area contributed by atoms with Gasteiger partial charge in [-0.3, -0.25) is 10.2 Å². The largest absolute Gasteiger partial charge is 0.377 e. The summed E-state index contributed by atoms with van der Waals surface area (Å²) < 4.78 is 0. The number of anilines is 2. The van der Waals surface area contributed by atoms with Gasteiger partial charge in [-0.2, -0.15) is 0 Å². The first kappa shape index (κ1) is 18.3. The maximum absolute atomic E-state index is 12.5. The van der Waals surface area contributed by atoms with Crippen molar-refractivity contribution in [1.82, 2.24) is 10.9 Å². The van der Waals surface area contributed by atoms with Crippen LogP contribution in [-0.4, -0.2) is 18.0 Å². The first-order valence-corrected chi connectivity index (χ1v) is 9.91. The summed E-state index contributed by atoms with van der Waals surface area (Å²) >= 11 is 6.44. The zero-order chi connectivity index (χ0) is 18.8. The van der Waals surface area contributed by atoms with Gasteiger partial charge in [0.05, 0.1) is 10.7 Å². The van der Waals surface area contributed by atoms with Crippen molar-refractivity contribution in [3.63, 3.8) is 0 Å². The molecular weight excluding hydrogens is 360 g/mol. The van der Waals surface area contributed by atoms with Crippen molar-refractivity contribution < 1.29 is 4.79 Å². The zero-order valence-corrected chi connectivity index (χ0v) is 16.1. The van der Waals surface area contributed by atoms with E-state index in [-0.39, 0.29) is 18.0 Å². The van der Waals surface area contributed by atoms with E-state index >= 15 is 0 Å². The van der Waals surface area contributed by atoms with Crippen molar-refractivity contribution in [1.29, 1.82) is 0 Å². The van der Waals surface area contributed by atoms with Crippen LogP contribution in [0.1, 0.15) is 37.8 Å². The molecule has 4 rings (SSSR count). The lowest BCUT2D eigenvalue weighted by Crippen LogP contribution is -2.40. The summed E-state index contributed by atoms with van der Waals surface area (Å²) in [4.78, 5) is 12.5. The molecule has 2 aliphatic rings. The van der Waals surface area contributed by atoms with E-state index in [4.69, 9.17) is 11.6 Å². The third-order valence-corrected chi connectivity index (χ3v) is 5.66. The quantitative estimate of drug-likeness (QED) is 0.605. The number of hydrazine groups is 1. The topological polar surface area (TPSA) is 65.2 Å². The van der Waals surface area contributed by atoms with Gasteiger partial charge in [0, 0.05) is 17.8 Å². The van der Waals surface area contributed by atoms with E-state index in [1.54, 1.807) is 6.07 Å². The second kappa shape index (κ2) is 7.89. The van der Waals surface area contributed by atoms with E-state index < -0.39 is 0 Å². The number of amides is 1. The minimum Gasteiger partial charge on any atom is -0.377 e. The SMILES string of the molecule is CC(Nc1ccc(NC(=O)C2CC(C3CC3)NN2)cc1Cl)c1ccccc1. The van der Waals surface area contributed by atoms with Gasteiger partial charge in [-0.05, 0) is 55.9 Å². The van der Waals surface area contributed by atoms with Gasteiger partial charge in [0.25, 0.3) is 0 Å². The van der Waals surface area contributed by atoms with Crippen molar-refractivity contribution in [3.8, 4) is 0 Å². The van der Waals surface area contributed by atoms with E-state index in [1.165, 1.54) is 18.4 Å². The van der Waals surface area contributed by atoms with Crippen molar-refractivity contribution >= 4 is 28.9 Å². The molecule has 1 saturated heterocycles. The van der Waals surface area contributed by atoms with Gasteiger partial charge in [0.15, 0.2) is 0 Å². The van der Waals surface area contributed by atoms with Gasteiger partial charge < -0.3 is 10.6 Å². The molecule has 2 aromatic carbocycles. The summed E-state index contributed by atoms with van der Waals surface area (Å²) in [6, 6.07) is 16.1. The third-order valence-electron chi connectivity index (χ3n) is 5.35. The van der Waals surface area contributed by atoms with Crippen LogP contribution in [0.5, 0.6) is 0 Å². The normalized spacial score (nSPS) is 23.0. The Labute approximate surface area is 164 Å². The summed E-state index contributed by atoms with van der Waals surface area (Å²) in [6.07, 6.45) is 3.36. The van der Waals surface area contributed by atoms with Crippen molar-refractivity contribution in [2.45, 2.75) is 44.3 Å². The summed E-state index contributed by atoms with van der Waals surface area (Å²) in [6.45, 7) is 2.09. The standard InChI is InChI=1S/C21H25ClN4O/c1-13(14-5-3-2-4-6-14)23-18-10-9-16(11-17(18)22)24-21(27)20-12-19(25-26-20)15-7-8-15/h2-6,9-11,13,15,19-20,23,25-26H,7-8,12H2,1H3,(H,24,27).